The molecule has 0 aliphatic heterocycles. The van der Waals surface area contributed by atoms with Crippen molar-refractivity contribution in [2.24, 2.45) is 0 Å². The van der Waals surface area contributed by atoms with E-state index in [9.17, 15) is 14.9 Å². The number of Topliss-reactive ketones (excluding diaryl/α,β-unsaturated/α-hetero) is 1. The number of thioether (sulfide) groups is 1. The predicted molar refractivity (Wildman–Crippen MR) is 122 cm³/mol. The van der Waals surface area contributed by atoms with Crippen LogP contribution in [0.2, 0.25) is 0 Å². The van der Waals surface area contributed by atoms with Gasteiger partial charge in [0, 0.05) is 35.1 Å². The van der Waals surface area contributed by atoms with Crippen molar-refractivity contribution in [1.82, 2.24) is 14.9 Å². The third-order valence-corrected chi connectivity index (χ3v) is 7.54. The van der Waals surface area contributed by atoms with Crippen LogP contribution < -0.4 is 5.84 Å². The number of carbonyl (C=O) groups is 1. The lowest BCUT2D eigenvalue weighted by Gasteiger charge is -2.15. The largest absolute Gasteiger partial charge is 0.336 e. The lowest BCUT2D eigenvalue weighted by Crippen LogP contribution is -2.15. The number of non-ortho nitro benzene ring substituents is 1. The minimum absolute atomic E-state index is 0.00249. The first-order valence-corrected chi connectivity index (χ1v) is 11.8. The van der Waals surface area contributed by atoms with Crippen molar-refractivity contribution >= 4 is 45.9 Å². The van der Waals surface area contributed by atoms with Gasteiger partial charge in [0.05, 0.1) is 9.80 Å². The second-order valence-electron chi connectivity index (χ2n) is 6.58. The Morgan fingerprint density at radius 3 is 2.52 bits per heavy atom. The third kappa shape index (κ3) is 5.01. The zero-order valence-electron chi connectivity index (χ0n) is 16.1. The van der Waals surface area contributed by atoms with Gasteiger partial charge in [-0.3, -0.25) is 14.9 Å². The lowest BCUT2D eigenvalue weighted by molar-refractivity contribution is -0.384. The van der Waals surface area contributed by atoms with Gasteiger partial charge in [-0.1, -0.05) is 36.0 Å². The maximum absolute atomic E-state index is 12.8. The first kappa shape index (κ1) is 21.2. The molecule has 0 fully saturated rings. The highest BCUT2D eigenvalue weighted by atomic mass is 32.2. The third-order valence-electron chi connectivity index (χ3n) is 4.54. The fourth-order valence-electron chi connectivity index (χ4n) is 2.95. The van der Waals surface area contributed by atoms with Gasteiger partial charge in [-0.2, -0.15) is 0 Å². The highest BCUT2D eigenvalue weighted by Gasteiger charge is 2.23. The molecule has 1 atom stereocenters. The second-order valence-corrected chi connectivity index (χ2v) is 9.73. The quantitative estimate of drug-likeness (QED) is 0.123. The maximum atomic E-state index is 12.8. The molecule has 0 saturated carbocycles. The number of benzene rings is 1. The van der Waals surface area contributed by atoms with Crippen molar-refractivity contribution in [2.75, 3.05) is 5.84 Å². The van der Waals surface area contributed by atoms with Gasteiger partial charge in [0.25, 0.3) is 5.69 Å². The topological polar surface area (TPSA) is 117 Å². The molecule has 0 radical (unpaired) electrons. The Labute approximate surface area is 189 Å². The SMILES string of the molecule is Nn1c(Cc2cccs2)nnc1S[C@@H](CC(=O)c1cccs1)c1ccc([N+](=O)[O-])cc1. The Morgan fingerprint density at radius 1 is 1.13 bits per heavy atom. The number of carbonyl (C=O) groups excluding carboxylic acids is 1. The van der Waals surface area contributed by atoms with Crippen molar-refractivity contribution in [1.29, 1.82) is 0 Å². The minimum atomic E-state index is -0.448. The van der Waals surface area contributed by atoms with Crippen LogP contribution in [-0.4, -0.2) is 25.6 Å². The highest BCUT2D eigenvalue weighted by molar-refractivity contribution is 7.99. The fraction of sp³-hybridized carbons (Fsp3) is 0.150. The second kappa shape index (κ2) is 9.41. The smallest absolute Gasteiger partial charge is 0.269 e. The number of rotatable bonds is 9. The molecule has 0 amide bonds. The molecule has 3 heterocycles. The zero-order chi connectivity index (χ0) is 21.8. The van der Waals surface area contributed by atoms with Gasteiger partial charge in [-0.15, -0.1) is 32.9 Å². The molecular formula is C20H17N5O3S3. The monoisotopic (exact) mass is 471 g/mol. The van der Waals surface area contributed by atoms with E-state index < -0.39 is 4.92 Å². The van der Waals surface area contributed by atoms with Crippen molar-refractivity contribution in [2.45, 2.75) is 23.2 Å². The van der Waals surface area contributed by atoms with Crippen LogP contribution in [0.1, 0.15) is 37.6 Å². The van der Waals surface area contributed by atoms with E-state index in [1.54, 1.807) is 29.5 Å². The van der Waals surface area contributed by atoms with Crippen LogP contribution in [0.5, 0.6) is 0 Å². The van der Waals surface area contributed by atoms with Crippen LogP contribution in [0.25, 0.3) is 0 Å². The van der Waals surface area contributed by atoms with Gasteiger partial charge < -0.3 is 5.84 Å². The average molecular weight is 472 g/mol. The molecule has 3 aromatic heterocycles. The first-order chi connectivity index (χ1) is 15.0. The highest BCUT2D eigenvalue weighted by Crippen LogP contribution is 2.38. The van der Waals surface area contributed by atoms with E-state index >= 15 is 0 Å². The molecule has 0 saturated heterocycles. The number of hydrogen-bond donors (Lipinski definition) is 1. The summed E-state index contributed by atoms with van der Waals surface area (Å²) < 4.78 is 1.44. The molecule has 4 rings (SSSR count). The number of ketones is 1. The van der Waals surface area contributed by atoms with Crippen LogP contribution in [0, 0.1) is 10.1 Å². The average Bonchev–Trinajstić information content (AvgIpc) is 3.53. The van der Waals surface area contributed by atoms with Crippen LogP contribution in [0.4, 0.5) is 5.69 Å². The summed E-state index contributed by atoms with van der Waals surface area (Å²) in [6.45, 7) is 0. The minimum Gasteiger partial charge on any atom is -0.336 e. The molecule has 4 aromatic rings. The molecular weight excluding hydrogens is 454 g/mol. The molecule has 0 unspecified atom stereocenters. The van der Waals surface area contributed by atoms with Crippen molar-refractivity contribution in [3.8, 4) is 0 Å². The summed E-state index contributed by atoms with van der Waals surface area (Å²) in [5.41, 5.74) is 0.778. The Morgan fingerprint density at radius 2 is 1.87 bits per heavy atom. The van der Waals surface area contributed by atoms with E-state index in [0.29, 0.717) is 22.3 Å². The first-order valence-electron chi connectivity index (χ1n) is 9.20. The summed E-state index contributed by atoms with van der Waals surface area (Å²) in [6.07, 6.45) is 0.772. The molecule has 0 aliphatic carbocycles. The molecule has 11 heteroatoms. The van der Waals surface area contributed by atoms with Crippen LogP contribution in [-0.2, 0) is 6.42 Å². The summed E-state index contributed by atoms with van der Waals surface area (Å²) in [5.74, 6) is 6.85. The molecule has 1 aromatic carbocycles. The standard InChI is InChI=1S/C20H17N5O3S3/c21-24-19(11-15-3-1-9-29-15)22-23-20(24)31-18(12-16(26)17-4-2-10-30-17)13-5-7-14(8-6-13)25(27)28/h1-10,18H,11-12,21H2/t18-/m0/s1. The molecule has 0 bridgehead atoms. The Kier molecular flexibility index (Phi) is 6.44. The number of nitro groups is 1. The van der Waals surface area contributed by atoms with Crippen molar-refractivity contribution < 1.29 is 9.72 Å². The van der Waals surface area contributed by atoms with E-state index in [-0.39, 0.29) is 23.1 Å². The number of nitrogens with zero attached hydrogens (tertiary/aromatic N) is 4. The van der Waals surface area contributed by atoms with E-state index in [1.807, 2.05) is 29.0 Å². The van der Waals surface area contributed by atoms with Crippen LogP contribution in [0.3, 0.4) is 0 Å². The van der Waals surface area contributed by atoms with E-state index in [1.165, 1.54) is 39.9 Å². The van der Waals surface area contributed by atoms with Gasteiger partial charge >= 0.3 is 0 Å². The predicted octanol–water partition coefficient (Wildman–Crippen LogP) is 4.72. The van der Waals surface area contributed by atoms with Gasteiger partial charge in [0.1, 0.15) is 0 Å². The number of thiophene rings is 2. The number of hydrogen-bond acceptors (Lipinski definition) is 9. The van der Waals surface area contributed by atoms with Crippen LogP contribution >= 0.6 is 34.4 Å². The molecule has 0 aliphatic rings. The lowest BCUT2D eigenvalue weighted by atomic mass is 10.1. The van der Waals surface area contributed by atoms with E-state index in [4.69, 9.17) is 5.84 Å². The summed E-state index contributed by atoms with van der Waals surface area (Å²) >= 11 is 4.32. The number of nitrogens with two attached hydrogens (primary N) is 1. The van der Waals surface area contributed by atoms with Crippen molar-refractivity contribution in [3.05, 3.63) is 90.5 Å². The molecule has 8 nitrogen and oxygen atoms in total. The van der Waals surface area contributed by atoms with Gasteiger partial charge in [-0.05, 0) is 28.5 Å². The Hall–Kier alpha value is -3.02. The van der Waals surface area contributed by atoms with E-state index in [0.717, 1.165) is 10.4 Å². The number of aromatic nitrogens is 3. The van der Waals surface area contributed by atoms with Gasteiger partial charge in [0.2, 0.25) is 5.16 Å². The summed E-state index contributed by atoms with van der Waals surface area (Å²) in [4.78, 5) is 25.1. The molecule has 158 valence electrons. The van der Waals surface area contributed by atoms with Gasteiger partial charge in [-0.25, -0.2) is 4.68 Å². The van der Waals surface area contributed by atoms with Gasteiger partial charge in [0.15, 0.2) is 11.6 Å². The Balaban J connectivity index is 1.59. The zero-order valence-corrected chi connectivity index (χ0v) is 18.5. The maximum Gasteiger partial charge on any atom is 0.269 e. The molecule has 0 spiro atoms. The Bertz CT molecular complexity index is 1170. The summed E-state index contributed by atoms with van der Waals surface area (Å²) in [5, 5.41) is 23.4. The molecule has 2 N–H and O–H groups in total. The fourth-order valence-corrected chi connectivity index (χ4v) is 5.42. The summed E-state index contributed by atoms with van der Waals surface area (Å²) in [6, 6.07) is 13.8. The number of nitrogen functional groups attached to an aromatic ring is 1. The number of nitro benzene ring substituents is 1. The summed E-state index contributed by atoms with van der Waals surface area (Å²) in [7, 11) is 0. The van der Waals surface area contributed by atoms with Crippen LogP contribution in [0.15, 0.2) is 64.4 Å². The van der Waals surface area contributed by atoms with Crippen molar-refractivity contribution in [3.63, 3.8) is 0 Å². The van der Waals surface area contributed by atoms with E-state index in [2.05, 4.69) is 10.2 Å². The normalized spacial score (nSPS) is 12.0. The molecule has 31 heavy (non-hydrogen) atoms.